The zero-order valence-corrected chi connectivity index (χ0v) is 18.7. The molecule has 0 amide bonds. The lowest BCUT2D eigenvalue weighted by Gasteiger charge is -2.27. The smallest absolute Gasteiger partial charge is 0.191 e. The lowest BCUT2D eigenvalue weighted by atomic mass is 10.1. The Bertz CT molecular complexity index is 887. The van der Waals surface area contributed by atoms with Crippen molar-refractivity contribution < 1.29 is 8.42 Å². The summed E-state index contributed by atoms with van der Waals surface area (Å²) in [5.41, 5.74) is 1.09. The molecule has 2 heterocycles. The van der Waals surface area contributed by atoms with Crippen molar-refractivity contribution in [3.63, 3.8) is 0 Å². The maximum Gasteiger partial charge on any atom is 0.191 e. The van der Waals surface area contributed by atoms with Gasteiger partial charge < -0.3 is 10.6 Å². The van der Waals surface area contributed by atoms with Crippen LogP contribution in [-0.4, -0.2) is 58.8 Å². The van der Waals surface area contributed by atoms with Crippen LogP contribution < -0.4 is 10.6 Å². The van der Waals surface area contributed by atoms with E-state index in [0.717, 1.165) is 44.1 Å². The van der Waals surface area contributed by atoms with E-state index in [9.17, 15) is 8.42 Å². The first-order valence-corrected chi connectivity index (χ1v) is 12.8. The number of guanidine groups is 1. The molecule has 1 aromatic carbocycles. The quantitative estimate of drug-likeness (QED) is 0.494. The van der Waals surface area contributed by atoms with E-state index in [1.165, 1.54) is 24.0 Å². The molecule has 0 spiro atoms. The van der Waals surface area contributed by atoms with Gasteiger partial charge in [-0.1, -0.05) is 18.2 Å². The molecule has 1 atom stereocenters. The molecule has 1 aliphatic rings. The van der Waals surface area contributed by atoms with Crippen molar-refractivity contribution in [3.05, 3.63) is 52.2 Å². The molecule has 0 bridgehead atoms. The van der Waals surface area contributed by atoms with E-state index in [2.05, 4.69) is 38.0 Å². The fraction of sp³-hybridized carbons (Fsp3) is 0.476. The number of nitrogens with one attached hydrogen (secondary N) is 2. The molecule has 158 valence electrons. The van der Waals surface area contributed by atoms with E-state index in [1.807, 2.05) is 23.5 Å². The highest BCUT2D eigenvalue weighted by atomic mass is 32.2. The first-order valence-electron chi connectivity index (χ1n) is 9.98. The fourth-order valence-electron chi connectivity index (χ4n) is 3.59. The zero-order valence-electron chi connectivity index (χ0n) is 17.1. The molecule has 1 saturated heterocycles. The molecule has 1 unspecified atom stereocenters. The molecular weight excluding hydrogens is 404 g/mol. The fourth-order valence-corrected chi connectivity index (χ4v) is 5.08. The van der Waals surface area contributed by atoms with Crippen LogP contribution in [0.3, 0.4) is 0 Å². The minimum Gasteiger partial charge on any atom is -0.356 e. The summed E-state index contributed by atoms with van der Waals surface area (Å²) in [6.07, 6.45) is 4.57. The number of nitrogens with zero attached hydrogens (tertiary/aromatic N) is 2. The number of hydrogen-bond acceptors (Lipinski definition) is 5. The molecule has 1 fully saturated rings. The molecule has 3 rings (SSSR count). The second kappa shape index (κ2) is 10.2. The van der Waals surface area contributed by atoms with E-state index in [-0.39, 0.29) is 0 Å². The van der Waals surface area contributed by atoms with Gasteiger partial charge in [0.05, 0.1) is 10.9 Å². The SMILES string of the molecule is CN=C(NCCc1ccc(S(C)(=O)=O)cc1)NCC(c1cccs1)N1CCCC1. The summed E-state index contributed by atoms with van der Waals surface area (Å²) in [6, 6.07) is 11.8. The standard InChI is InChI=1S/C21H30N4O2S2/c1-22-21(23-12-11-17-7-9-18(10-8-17)29(2,26)27)24-16-19(20-6-5-15-28-20)25-13-3-4-14-25/h5-10,15,19H,3-4,11-14,16H2,1-2H3,(H2,22,23,24). The molecule has 0 radical (unpaired) electrons. The summed E-state index contributed by atoms with van der Waals surface area (Å²) >= 11 is 1.81. The molecule has 0 aliphatic carbocycles. The summed E-state index contributed by atoms with van der Waals surface area (Å²) in [5.74, 6) is 0.790. The van der Waals surface area contributed by atoms with Crippen molar-refractivity contribution in [2.24, 2.45) is 4.99 Å². The Morgan fingerprint density at radius 2 is 1.90 bits per heavy atom. The predicted octanol–water partition coefficient (Wildman–Crippen LogP) is 2.70. The van der Waals surface area contributed by atoms with E-state index in [1.54, 1.807) is 19.2 Å². The van der Waals surface area contributed by atoms with Crippen LogP contribution in [0.1, 0.15) is 29.3 Å². The number of hydrogen-bond donors (Lipinski definition) is 2. The minimum atomic E-state index is -3.15. The molecule has 0 saturated carbocycles. The van der Waals surface area contributed by atoms with Gasteiger partial charge in [-0.3, -0.25) is 9.89 Å². The van der Waals surface area contributed by atoms with Crippen LogP contribution in [0.4, 0.5) is 0 Å². The molecule has 6 nitrogen and oxygen atoms in total. The first kappa shape index (κ1) is 21.8. The van der Waals surface area contributed by atoms with Gasteiger partial charge in [0.2, 0.25) is 0 Å². The molecule has 29 heavy (non-hydrogen) atoms. The van der Waals surface area contributed by atoms with Crippen molar-refractivity contribution in [2.75, 3.05) is 39.5 Å². The Morgan fingerprint density at radius 3 is 2.48 bits per heavy atom. The topological polar surface area (TPSA) is 73.8 Å². The summed E-state index contributed by atoms with van der Waals surface area (Å²) in [7, 11) is -1.36. The van der Waals surface area contributed by atoms with E-state index < -0.39 is 9.84 Å². The van der Waals surface area contributed by atoms with Crippen LogP contribution in [0.25, 0.3) is 0 Å². The molecule has 8 heteroatoms. The average Bonchev–Trinajstić information content (AvgIpc) is 3.41. The molecule has 1 aliphatic heterocycles. The lowest BCUT2D eigenvalue weighted by Crippen LogP contribution is -2.43. The zero-order chi connectivity index (χ0) is 20.7. The molecule has 1 aromatic heterocycles. The highest BCUT2D eigenvalue weighted by Crippen LogP contribution is 2.27. The van der Waals surface area contributed by atoms with Crippen molar-refractivity contribution in [1.29, 1.82) is 0 Å². The van der Waals surface area contributed by atoms with Crippen LogP contribution in [0.2, 0.25) is 0 Å². The average molecular weight is 435 g/mol. The first-order chi connectivity index (χ1) is 14.0. The van der Waals surface area contributed by atoms with Crippen LogP contribution in [0.15, 0.2) is 51.7 Å². The van der Waals surface area contributed by atoms with E-state index in [0.29, 0.717) is 10.9 Å². The maximum atomic E-state index is 11.6. The summed E-state index contributed by atoms with van der Waals surface area (Å²) < 4.78 is 23.1. The molecule has 2 N–H and O–H groups in total. The summed E-state index contributed by atoms with van der Waals surface area (Å²) in [5, 5.41) is 8.97. The van der Waals surface area contributed by atoms with Gasteiger partial charge in [0.15, 0.2) is 15.8 Å². The maximum absolute atomic E-state index is 11.6. The van der Waals surface area contributed by atoms with Crippen molar-refractivity contribution in [3.8, 4) is 0 Å². The molecule has 2 aromatic rings. The van der Waals surface area contributed by atoms with Gasteiger partial charge in [0.1, 0.15) is 0 Å². The van der Waals surface area contributed by atoms with Crippen LogP contribution >= 0.6 is 11.3 Å². The van der Waals surface area contributed by atoms with Crippen LogP contribution in [0, 0.1) is 0 Å². The third kappa shape index (κ3) is 6.29. The van der Waals surface area contributed by atoms with Gasteiger partial charge in [0.25, 0.3) is 0 Å². The lowest BCUT2D eigenvalue weighted by molar-refractivity contribution is 0.249. The second-order valence-electron chi connectivity index (χ2n) is 7.32. The van der Waals surface area contributed by atoms with Crippen molar-refractivity contribution in [1.82, 2.24) is 15.5 Å². The van der Waals surface area contributed by atoms with Gasteiger partial charge in [-0.2, -0.15) is 0 Å². The van der Waals surface area contributed by atoms with Gasteiger partial charge >= 0.3 is 0 Å². The van der Waals surface area contributed by atoms with Crippen molar-refractivity contribution in [2.45, 2.75) is 30.2 Å². The number of likely N-dealkylation sites (tertiary alicyclic amines) is 1. The highest BCUT2D eigenvalue weighted by Gasteiger charge is 2.24. The number of rotatable bonds is 8. The number of thiophene rings is 1. The van der Waals surface area contributed by atoms with E-state index >= 15 is 0 Å². The van der Waals surface area contributed by atoms with Gasteiger partial charge in [-0.25, -0.2) is 8.42 Å². The Kier molecular flexibility index (Phi) is 7.69. The Hall–Kier alpha value is -1.90. The third-order valence-electron chi connectivity index (χ3n) is 5.20. The number of aliphatic imine (C=N–C) groups is 1. The number of benzene rings is 1. The summed E-state index contributed by atoms with van der Waals surface area (Å²) in [4.78, 5) is 8.64. The van der Waals surface area contributed by atoms with E-state index in [4.69, 9.17) is 0 Å². The Labute approximate surface area is 178 Å². The van der Waals surface area contributed by atoms with Gasteiger partial charge in [-0.05, 0) is 61.5 Å². The Morgan fingerprint density at radius 1 is 1.17 bits per heavy atom. The third-order valence-corrected chi connectivity index (χ3v) is 7.30. The second-order valence-corrected chi connectivity index (χ2v) is 10.3. The predicted molar refractivity (Wildman–Crippen MR) is 120 cm³/mol. The van der Waals surface area contributed by atoms with Crippen LogP contribution in [0.5, 0.6) is 0 Å². The monoisotopic (exact) mass is 434 g/mol. The normalized spacial score (nSPS) is 16.7. The highest BCUT2D eigenvalue weighted by molar-refractivity contribution is 7.90. The van der Waals surface area contributed by atoms with Crippen molar-refractivity contribution >= 4 is 27.1 Å². The van der Waals surface area contributed by atoms with Crippen LogP contribution in [-0.2, 0) is 16.3 Å². The molecular formula is C21H30N4O2S2. The van der Waals surface area contributed by atoms with Gasteiger partial charge in [0, 0.05) is 31.3 Å². The van der Waals surface area contributed by atoms with Gasteiger partial charge in [-0.15, -0.1) is 11.3 Å². The summed E-state index contributed by atoms with van der Waals surface area (Å²) in [6.45, 7) is 3.86. The number of sulfone groups is 1. The largest absolute Gasteiger partial charge is 0.356 e. The minimum absolute atomic E-state index is 0.355. The Balaban J connectivity index is 1.50.